The van der Waals surface area contributed by atoms with E-state index in [1.165, 1.54) is 57.8 Å². The fraction of sp³-hybridized carbons (Fsp3) is 1.00. The predicted molar refractivity (Wildman–Crippen MR) is 85.1 cm³/mol. The maximum Gasteiger partial charge on any atom is 0.104 e. The Balaban J connectivity index is 1.49. The van der Waals surface area contributed by atoms with Gasteiger partial charge in [-0.25, -0.2) is 0 Å². The van der Waals surface area contributed by atoms with E-state index in [9.17, 15) is 0 Å². The second-order valence-electron chi connectivity index (χ2n) is 7.42. The van der Waals surface area contributed by atoms with E-state index in [4.69, 9.17) is 18.9 Å². The second-order valence-corrected chi connectivity index (χ2v) is 7.42. The summed E-state index contributed by atoms with van der Waals surface area (Å²) in [6.07, 6.45) is 12.7. The van der Waals surface area contributed by atoms with Crippen LogP contribution in [0.2, 0.25) is 0 Å². The maximum atomic E-state index is 6.01. The lowest BCUT2D eigenvalue weighted by molar-refractivity contribution is -0.0404. The molecule has 2 heterocycles. The van der Waals surface area contributed by atoms with Crippen LogP contribution in [0.4, 0.5) is 0 Å². The quantitative estimate of drug-likeness (QED) is 0.645. The van der Waals surface area contributed by atoms with Gasteiger partial charge in [-0.1, -0.05) is 44.9 Å². The molecule has 22 heavy (non-hydrogen) atoms. The zero-order valence-corrected chi connectivity index (χ0v) is 13.9. The molecule has 0 spiro atoms. The molecule has 2 saturated heterocycles. The van der Waals surface area contributed by atoms with Crippen LogP contribution < -0.4 is 0 Å². The number of rotatable bonds is 8. The summed E-state index contributed by atoms with van der Waals surface area (Å²) in [5.74, 6) is 0. The van der Waals surface area contributed by atoms with Crippen molar-refractivity contribution in [1.82, 2.24) is 0 Å². The van der Waals surface area contributed by atoms with Gasteiger partial charge in [0.2, 0.25) is 0 Å². The van der Waals surface area contributed by atoms with Crippen molar-refractivity contribution in [3.8, 4) is 0 Å². The molecule has 4 heteroatoms. The molecule has 128 valence electrons. The average molecular weight is 312 g/mol. The Morgan fingerprint density at radius 2 is 1.09 bits per heavy atom. The first-order chi connectivity index (χ1) is 10.9. The van der Waals surface area contributed by atoms with Gasteiger partial charge in [-0.2, -0.15) is 0 Å². The summed E-state index contributed by atoms with van der Waals surface area (Å²) in [6, 6.07) is 0. The summed E-state index contributed by atoms with van der Waals surface area (Å²) in [5.41, 5.74) is 0.209. The smallest absolute Gasteiger partial charge is 0.104 e. The standard InChI is InChI=1S/C18H32O4/c1-2-4-6-8-18(9-7-5-3-1,14-19-10-16-12-21-16)15-20-11-17-13-22-17/h16-17H,1-15H2. The van der Waals surface area contributed by atoms with E-state index in [2.05, 4.69) is 0 Å². The van der Waals surface area contributed by atoms with Crippen LogP contribution >= 0.6 is 0 Å². The van der Waals surface area contributed by atoms with Gasteiger partial charge in [-0.15, -0.1) is 0 Å². The van der Waals surface area contributed by atoms with Crippen molar-refractivity contribution in [2.24, 2.45) is 5.41 Å². The topological polar surface area (TPSA) is 43.5 Å². The summed E-state index contributed by atoms with van der Waals surface area (Å²) in [5, 5.41) is 0. The Bertz CT molecular complexity index is 282. The van der Waals surface area contributed by atoms with Crippen LogP contribution in [0.1, 0.15) is 57.8 Å². The molecule has 0 bridgehead atoms. The van der Waals surface area contributed by atoms with Crippen LogP contribution in [-0.2, 0) is 18.9 Å². The lowest BCUT2D eigenvalue weighted by Gasteiger charge is -2.34. The molecule has 0 aromatic heterocycles. The zero-order chi connectivity index (χ0) is 15.1. The Morgan fingerprint density at radius 3 is 1.50 bits per heavy atom. The normalized spacial score (nSPS) is 31.6. The van der Waals surface area contributed by atoms with Gasteiger partial charge in [-0.05, 0) is 12.8 Å². The summed E-state index contributed by atoms with van der Waals surface area (Å²) >= 11 is 0. The van der Waals surface area contributed by atoms with Crippen molar-refractivity contribution in [3.63, 3.8) is 0 Å². The van der Waals surface area contributed by atoms with Crippen molar-refractivity contribution in [2.45, 2.75) is 70.0 Å². The lowest BCUT2D eigenvalue weighted by atomic mass is 9.78. The third kappa shape index (κ3) is 6.15. The largest absolute Gasteiger partial charge is 0.378 e. The van der Waals surface area contributed by atoms with Crippen LogP contribution in [0.15, 0.2) is 0 Å². The Kier molecular flexibility index (Phi) is 6.54. The van der Waals surface area contributed by atoms with E-state index in [1.54, 1.807) is 0 Å². The van der Waals surface area contributed by atoms with E-state index >= 15 is 0 Å². The first kappa shape index (κ1) is 16.7. The molecule has 3 fully saturated rings. The molecule has 0 N–H and O–H groups in total. The van der Waals surface area contributed by atoms with Gasteiger partial charge in [-0.3, -0.25) is 0 Å². The minimum Gasteiger partial charge on any atom is -0.378 e. The number of epoxide rings is 2. The first-order valence-corrected chi connectivity index (χ1v) is 9.25. The van der Waals surface area contributed by atoms with E-state index in [-0.39, 0.29) is 5.41 Å². The van der Waals surface area contributed by atoms with E-state index < -0.39 is 0 Å². The third-order valence-electron chi connectivity index (χ3n) is 5.14. The van der Waals surface area contributed by atoms with Gasteiger partial charge in [0.15, 0.2) is 0 Å². The molecule has 2 atom stereocenters. The van der Waals surface area contributed by atoms with Gasteiger partial charge in [0.1, 0.15) is 12.2 Å². The highest BCUT2D eigenvalue weighted by Crippen LogP contribution is 2.34. The molecule has 4 nitrogen and oxygen atoms in total. The second kappa shape index (κ2) is 8.62. The minimum atomic E-state index is 0.209. The molecule has 3 rings (SSSR count). The molecule has 2 unspecified atom stereocenters. The molecule has 0 amide bonds. The lowest BCUT2D eigenvalue weighted by Crippen LogP contribution is -2.34. The summed E-state index contributed by atoms with van der Waals surface area (Å²) < 4.78 is 22.5. The molecule has 0 aromatic carbocycles. The van der Waals surface area contributed by atoms with Gasteiger partial charge in [0, 0.05) is 5.41 Å². The van der Waals surface area contributed by atoms with Crippen molar-refractivity contribution < 1.29 is 18.9 Å². The van der Waals surface area contributed by atoms with Gasteiger partial charge < -0.3 is 18.9 Å². The highest BCUT2D eigenvalue weighted by Gasteiger charge is 2.33. The predicted octanol–water partition coefficient (Wildman–Crippen LogP) is 3.33. The molecule has 2 aliphatic heterocycles. The molecule has 0 radical (unpaired) electrons. The highest BCUT2D eigenvalue weighted by molar-refractivity contribution is 4.82. The summed E-state index contributed by atoms with van der Waals surface area (Å²) in [4.78, 5) is 0. The van der Waals surface area contributed by atoms with Crippen LogP contribution in [0.25, 0.3) is 0 Å². The van der Waals surface area contributed by atoms with Crippen LogP contribution in [-0.4, -0.2) is 51.8 Å². The maximum absolute atomic E-state index is 6.01. The van der Waals surface area contributed by atoms with Crippen LogP contribution in [0.5, 0.6) is 0 Å². The zero-order valence-electron chi connectivity index (χ0n) is 13.9. The van der Waals surface area contributed by atoms with E-state index in [0.717, 1.165) is 39.6 Å². The van der Waals surface area contributed by atoms with E-state index in [0.29, 0.717) is 12.2 Å². The van der Waals surface area contributed by atoms with Crippen molar-refractivity contribution in [3.05, 3.63) is 0 Å². The van der Waals surface area contributed by atoms with Crippen molar-refractivity contribution in [1.29, 1.82) is 0 Å². The van der Waals surface area contributed by atoms with Gasteiger partial charge in [0.25, 0.3) is 0 Å². The van der Waals surface area contributed by atoms with Crippen LogP contribution in [0.3, 0.4) is 0 Å². The van der Waals surface area contributed by atoms with Gasteiger partial charge >= 0.3 is 0 Å². The first-order valence-electron chi connectivity index (χ1n) is 9.25. The Labute approximate surface area is 134 Å². The fourth-order valence-corrected chi connectivity index (χ4v) is 3.48. The summed E-state index contributed by atoms with van der Waals surface area (Å²) in [7, 11) is 0. The van der Waals surface area contributed by atoms with Gasteiger partial charge in [0.05, 0.1) is 39.6 Å². The Hall–Kier alpha value is -0.160. The number of ether oxygens (including phenoxy) is 4. The third-order valence-corrected chi connectivity index (χ3v) is 5.14. The van der Waals surface area contributed by atoms with Crippen molar-refractivity contribution in [2.75, 3.05) is 39.6 Å². The molecule has 1 saturated carbocycles. The monoisotopic (exact) mass is 312 g/mol. The molecule has 1 aliphatic carbocycles. The van der Waals surface area contributed by atoms with E-state index in [1.807, 2.05) is 0 Å². The molecular formula is C18H32O4. The highest BCUT2D eigenvalue weighted by atomic mass is 16.6. The van der Waals surface area contributed by atoms with Crippen LogP contribution in [0, 0.1) is 5.41 Å². The molecular weight excluding hydrogens is 280 g/mol. The average Bonchev–Trinajstić information content (AvgIpc) is 3.41. The fourth-order valence-electron chi connectivity index (χ4n) is 3.48. The molecule has 3 aliphatic rings. The number of hydrogen-bond donors (Lipinski definition) is 0. The SMILES string of the molecule is C1CCCCC(COCC2CO2)(COCC2CO2)CCCC1. The number of hydrogen-bond acceptors (Lipinski definition) is 4. The summed E-state index contributed by atoms with van der Waals surface area (Å²) in [6.45, 7) is 4.93. The Morgan fingerprint density at radius 1 is 0.682 bits per heavy atom. The molecule has 0 aromatic rings. The van der Waals surface area contributed by atoms with Crippen molar-refractivity contribution >= 4 is 0 Å². The minimum absolute atomic E-state index is 0.209.